The van der Waals surface area contributed by atoms with Gasteiger partial charge in [0.25, 0.3) is 5.91 Å². The normalized spacial score (nSPS) is 14.3. The van der Waals surface area contributed by atoms with Gasteiger partial charge in [0.1, 0.15) is 23.6 Å². The number of primary amides is 1. The molecule has 0 aliphatic carbocycles. The van der Waals surface area contributed by atoms with Crippen LogP contribution < -0.4 is 21.1 Å². The maximum absolute atomic E-state index is 13.2. The van der Waals surface area contributed by atoms with Gasteiger partial charge in [0.2, 0.25) is 17.8 Å². The van der Waals surface area contributed by atoms with Gasteiger partial charge in [-0.3, -0.25) is 34.4 Å². The van der Waals surface area contributed by atoms with Crippen molar-refractivity contribution in [3.63, 3.8) is 0 Å². The Labute approximate surface area is 229 Å². The Morgan fingerprint density at radius 1 is 1.23 bits per heavy atom. The molecule has 1 aromatic carbocycles. The van der Waals surface area contributed by atoms with Crippen LogP contribution in [0.5, 0.6) is 5.75 Å². The van der Waals surface area contributed by atoms with Gasteiger partial charge in [0.15, 0.2) is 0 Å². The summed E-state index contributed by atoms with van der Waals surface area (Å²) in [7, 11) is 0. The smallest absolute Gasteiger partial charge is 0.276 e. The summed E-state index contributed by atoms with van der Waals surface area (Å²) in [6.07, 6.45) is 8.96. The van der Waals surface area contributed by atoms with Crippen molar-refractivity contribution in [1.29, 1.82) is 0 Å². The van der Waals surface area contributed by atoms with Crippen molar-refractivity contribution < 1.29 is 19.1 Å². The van der Waals surface area contributed by atoms with Gasteiger partial charge in [0, 0.05) is 37.1 Å². The number of hydrogen-bond acceptors (Lipinski definition) is 8. The van der Waals surface area contributed by atoms with Crippen molar-refractivity contribution in [2.45, 2.75) is 39.3 Å². The van der Waals surface area contributed by atoms with E-state index in [1.165, 1.54) is 6.08 Å². The Hall–Kier alpha value is -5.07. The fourth-order valence-electron chi connectivity index (χ4n) is 4.66. The van der Waals surface area contributed by atoms with Crippen LogP contribution in [0.25, 0.3) is 17.1 Å². The highest BCUT2D eigenvalue weighted by molar-refractivity contribution is 6.04. The molecule has 13 nitrogen and oxygen atoms in total. The Morgan fingerprint density at radius 3 is 2.83 bits per heavy atom. The molecule has 0 radical (unpaired) electrons. The molecule has 206 valence electrons. The number of hydrogen-bond donors (Lipinski definition) is 3. The lowest BCUT2D eigenvalue weighted by molar-refractivity contribution is -0.116. The second-order valence-electron chi connectivity index (χ2n) is 9.31. The van der Waals surface area contributed by atoms with Gasteiger partial charge in [-0.05, 0) is 51.0 Å². The zero-order valence-corrected chi connectivity index (χ0v) is 22.1. The summed E-state index contributed by atoms with van der Waals surface area (Å²) in [6, 6.07) is 4.71. The number of carbonyl (C=O) groups excluding carboxylic acids is 3. The Balaban J connectivity index is 1.34. The number of rotatable bonds is 10. The van der Waals surface area contributed by atoms with Crippen molar-refractivity contribution in [3.8, 4) is 5.75 Å². The van der Waals surface area contributed by atoms with E-state index in [-0.39, 0.29) is 30.0 Å². The van der Waals surface area contributed by atoms with Crippen molar-refractivity contribution in [2.75, 3.05) is 18.5 Å². The molecule has 0 bridgehead atoms. The summed E-state index contributed by atoms with van der Waals surface area (Å²) < 4.78 is 9.55. The van der Waals surface area contributed by atoms with Gasteiger partial charge in [-0.15, -0.1) is 0 Å². The van der Waals surface area contributed by atoms with Crippen molar-refractivity contribution in [1.82, 2.24) is 34.6 Å². The van der Waals surface area contributed by atoms with E-state index in [2.05, 4.69) is 30.7 Å². The summed E-state index contributed by atoms with van der Waals surface area (Å²) in [4.78, 5) is 50.1. The zero-order valence-electron chi connectivity index (χ0n) is 22.1. The fraction of sp³-hybridized carbons (Fsp3) is 0.296. The van der Waals surface area contributed by atoms with E-state index in [9.17, 15) is 14.4 Å². The van der Waals surface area contributed by atoms with Crippen LogP contribution in [0.4, 0.5) is 5.95 Å². The lowest BCUT2D eigenvalue weighted by Gasteiger charge is -2.27. The van der Waals surface area contributed by atoms with Gasteiger partial charge < -0.3 is 20.4 Å². The summed E-state index contributed by atoms with van der Waals surface area (Å²) in [5.74, 6) is -0.398. The third-order valence-electron chi connectivity index (χ3n) is 6.49. The molecular formula is C27H29N9O4. The topological polar surface area (TPSA) is 172 Å². The maximum Gasteiger partial charge on any atom is 0.276 e. The van der Waals surface area contributed by atoms with Crippen LogP contribution in [-0.2, 0) is 11.3 Å². The molecule has 5 rings (SSSR count). The average Bonchev–Trinajstić information content (AvgIpc) is 3.52. The molecule has 0 fully saturated rings. The van der Waals surface area contributed by atoms with E-state index in [4.69, 9.17) is 10.5 Å². The number of nitrogens with one attached hydrogen (secondary N) is 2. The van der Waals surface area contributed by atoms with Crippen LogP contribution in [0.1, 0.15) is 58.0 Å². The Kier molecular flexibility index (Phi) is 7.53. The van der Waals surface area contributed by atoms with Crippen LogP contribution in [0.2, 0.25) is 0 Å². The third-order valence-corrected chi connectivity index (χ3v) is 6.49. The number of nitrogens with zero attached hydrogens (tertiary/aromatic N) is 6. The first-order valence-electron chi connectivity index (χ1n) is 12.9. The van der Waals surface area contributed by atoms with E-state index in [0.717, 1.165) is 5.69 Å². The quantitative estimate of drug-likeness (QED) is 0.202. The predicted octanol–water partition coefficient (Wildman–Crippen LogP) is 2.25. The zero-order chi connectivity index (χ0) is 28.2. The van der Waals surface area contributed by atoms with E-state index in [1.54, 1.807) is 47.5 Å². The third kappa shape index (κ3) is 5.53. The van der Waals surface area contributed by atoms with Crippen LogP contribution in [0.15, 0.2) is 42.9 Å². The summed E-state index contributed by atoms with van der Waals surface area (Å²) in [6.45, 7) is 4.99. The Morgan fingerprint density at radius 2 is 2.08 bits per heavy atom. The minimum Gasteiger partial charge on any atom is -0.489 e. The number of nitrogens with two attached hydrogens (primary N) is 1. The number of aryl methyl sites for hydroxylation is 2. The molecule has 4 N–H and O–H groups in total. The van der Waals surface area contributed by atoms with Gasteiger partial charge in [-0.25, -0.2) is 4.98 Å². The number of anilines is 1. The van der Waals surface area contributed by atoms with Gasteiger partial charge in [-0.1, -0.05) is 0 Å². The molecule has 0 saturated heterocycles. The van der Waals surface area contributed by atoms with E-state index in [0.29, 0.717) is 60.1 Å². The summed E-state index contributed by atoms with van der Waals surface area (Å²) in [5, 5.41) is 10.1. The second-order valence-corrected chi connectivity index (χ2v) is 9.31. The molecule has 40 heavy (non-hydrogen) atoms. The van der Waals surface area contributed by atoms with Crippen molar-refractivity contribution in [3.05, 3.63) is 65.5 Å². The summed E-state index contributed by atoms with van der Waals surface area (Å²) >= 11 is 0. The van der Waals surface area contributed by atoms with Crippen LogP contribution in [0, 0.1) is 6.92 Å². The number of imidazole rings is 1. The van der Waals surface area contributed by atoms with Gasteiger partial charge >= 0.3 is 0 Å². The minimum atomic E-state index is -0.601. The fourth-order valence-corrected chi connectivity index (χ4v) is 4.66. The molecule has 4 heterocycles. The summed E-state index contributed by atoms with van der Waals surface area (Å²) in [5.41, 5.74) is 8.66. The van der Waals surface area contributed by atoms with Gasteiger partial charge in [0.05, 0.1) is 29.1 Å². The van der Waals surface area contributed by atoms with E-state index >= 15 is 0 Å². The molecule has 4 aromatic rings. The lowest BCUT2D eigenvalue weighted by atomic mass is 10.1. The molecule has 0 unspecified atom stereocenters. The maximum atomic E-state index is 13.2. The first-order valence-corrected chi connectivity index (χ1v) is 12.9. The molecule has 1 atom stereocenters. The largest absolute Gasteiger partial charge is 0.489 e. The SMILES string of the molecule is CCn1nc(C)cc1C(=O)Nc1nc2cc(C(N)=O)cc3c2n1[C@@H](CCCNC(=O)/C=C/c1cnccn1)CO3. The average molecular weight is 544 g/mol. The Bertz CT molecular complexity index is 1610. The molecule has 3 aromatic heterocycles. The molecular weight excluding hydrogens is 514 g/mol. The second kappa shape index (κ2) is 11.4. The van der Waals surface area contributed by atoms with Gasteiger partial charge in [-0.2, -0.15) is 5.10 Å². The minimum absolute atomic E-state index is 0.183. The number of carbonyl (C=O) groups is 3. The van der Waals surface area contributed by atoms with E-state index in [1.807, 2.05) is 18.4 Å². The van der Waals surface area contributed by atoms with Crippen LogP contribution in [-0.4, -0.2) is 60.2 Å². The monoisotopic (exact) mass is 543 g/mol. The van der Waals surface area contributed by atoms with E-state index < -0.39 is 5.91 Å². The first kappa shape index (κ1) is 26.5. The van der Waals surface area contributed by atoms with Crippen LogP contribution in [0.3, 0.4) is 0 Å². The lowest BCUT2D eigenvalue weighted by Crippen LogP contribution is -2.28. The standard InChI is InChI=1S/C27H29N9O4/c1-3-35-21(11-16(2)34-35)26(39)33-27-32-20-12-17(25(28)38)13-22-24(20)36(27)19(15-40-22)5-4-8-31-23(37)7-6-18-14-29-9-10-30-18/h6-7,9-14,19H,3-5,8,15H2,1-2H3,(H2,28,38)(H,31,37)(H,32,33,39)/b7-6+/t19-/m0/s1. The van der Waals surface area contributed by atoms with Crippen LogP contribution >= 0.6 is 0 Å². The molecule has 0 saturated carbocycles. The highest BCUT2D eigenvalue weighted by atomic mass is 16.5. The molecule has 0 spiro atoms. The molecule has 13 heteroatoms. The highest BCUT2D eigenvalue weighted by Gasteiger charge is 2.29. The molecule has 1 aliphatic rings. The predicted molar refractivity (Wildman–Crippen MR) is 147 cm³/mol. The first-order chi connectivity index (χ1) is 19.3. The number of benzene rings is 1. The molecule has 1 aliphatic heterocycles. The number of aromatic nitrogens is 6. The molecule has 3 amide bonds. The highest BCUT2D eigenvalue weighted by Crippen LogP contribution is 2.38. The number of ether oxygens (including phenoxy) is 1. The van der Waals surface area contributed by atoms with Crippen molar-refractivity contribution in [2.24, 2.45) is 5.73 Å². The van der Waals surface area contributed by atoms with Crippen molar-refractivity contribution >= 4 is 40.8 Å². The number of amides is 3.